The Morgan fingerprint density at radius 2 is 1.25 bits per heavy atom. The molecule has 7 rings (SSSR count). The second-order valence-corrected chi connectivity index (χ2v) is 16.8. The van der Waals surface area contributed by atoms with Crippen LogP contribution in [0.5, 0.6) is 0 Å². The molecular formula is C36H24N4O11S5. The van der Waals surface area contributed by atoms with Crippen LogP contribution in [0.2, 0.25) is 0 Å². The van der Waals surface area contributed by atoms with Crippen molar-refractivity contribution in [2.45, 2.75) is 15.5 Å². The highest BCUT2D eigenvalue weighted by Gasteiger charge is 2.21. The highest BCUT2D eigenvalue weighted by atomic mass is 32.2. The van der Waals surface area contributed by atoms with Gasteiger partial charge in [-0.3, -0.25) is 4.55 Å². The number of rotatable bonds is 7. The van der Waals surface area contributed by atoms with Gasteiger partial charge in [0.2, 0.25) is 0 Å². The lowest BCUT2D eigenvalue weighted by Crippen LogP contribution is -2.07. The van der Waals surface area contributed by atoms with Gasteiger partial charge in [0, 0.05) is 10.9 Å². The van der Waals surface area contributed by atoms with Crippen molar-refractivity contribution in [3.05, 3.63) is 126 Å². The summed E-state index contributed by atoms with van der Waals surface area (Å²) in [5.74, 6) is -0.466. The quantitative estimate of drug-likeness (QED) is 0.122. The van der Waals surface area contributed by atoms with E-state index in [9.17, 15) is 26.7 Å². The Labute approximate surface area is 325 Å². The van der Waals surface area contributed by atoms with E-state index in [2.05, 4.69) is 16.3 Å². The van der Waals surface area contributed by atoms with Gasteiger partial charge in [-0.1, -0.05) is 90.2 Å². The highest BCUT2D eigenvalue weighted by molar-refractivity contribution is 7.90. The van der Waals surface area contributed by atoms with Gasteiger partial charge in [0.25, 0.3) is 10.1 Å². The van der Waals surface area contributed by atoms with E-state index in [1.807, 2.05) is 42.5 Å². The third-order valence-corrected chi connectivity index (χ3v) is 11.5. The van der Waals surface area contributed by atoms with E-state index in [4.69, 9.17) is 31.0 Å². The van der Waals surface area contributed by atoms with E-state index in [-0.39, 0.29) is 15.4 Å². The molecule has 0 aliphatic heterocycles. The van der Waals surface area contributed by atoms with Gasteiger partial charge >= 0.3 is 21.2 Å². The zero-order valence-corrected chi connectivity index (χ0v) is 32.2. The van der Waals surface area contributed by atoms with E-state index in [1.54, 1.807) is 60.7 Å². The van der Waals surface area contributed by atoms with Crippen molar-refractivity contribution in [2.24, 2.45) is 10.2 Å². The van der Waals surface area contributed by atoms with Crippen LogP contribution in [0, 0.1) is 11.3 Å². The predicted octanol–water partition coefficient (Wildman–Crippen LogP) is 6.96. The largest absolute Gasteiger partial charge is 0.425 e. The Morgan fingerprint density at radius 1 is 0.679 bits per heavy atom. The normalized spacial score (nSPS) is 11.4. The Balaban J connectivity index is 0.000000687. The first-order valence-electron chi connectivity index (χ1n) is 15.5. The molecule has 3 N–H and O–H groups in total. The van der Waals surface area contributed by atoms with Crippen LogP contribution >= 0.6 is 11.3 Å². The molecule has 0 radical (unpaired) electrons. The number of sulfone groups is 1. The molecule has 1 heterocycles. The number of nitrogens with zero attached hydrogens (tertiary/aromatic N) is 3. The third kappa shape index (κ3) is 9.90. The minimum Gasteiger partial charge on any atom is -0.389 e. The first-order valence-corrected chi connectivity index (χ1v) is 21.4. The van der Waals surface area contributed by atoms with Crippen LogP contribution in [0.4, 0.5) is 15.7 Å². The molecule has 284 valence electrons. The molecule has 15 nitrogen and oxygen atoms in total. The number of hydrogen-bond donors (Lipinski definition) is 2. The standard InChI is InChI=1S/C36H24N4O5S3.2O3S/c37-20-32-34(28-10-9-23-5-1-2-6-24(23)17-28)36(46-35(32)38)40-39-29-13-11-26-19-30(14-12-25(26)18-29)47(41,42)21-22-15-27-7-3-4-8-31(27)33(16-22)48(43,44)45;2*1-4(2)3/h1-19H,21,38H2,(H,43,44,45);;. The summed E-state index contributed by atoms with van der Waals surface area (Å²) in [5.41, 5.74) is 8.70. The molecule has 0 bridgehead atoms. The summed E-state index contributed by atoms with van der Waals surface area (Å²) in [7, 11) is -14.7. The maximum absolute atomic E-state index is 13.5. The molecule has 0 aliphatic carbocycles. The van der Waals surface area contributed by atoms with Gasteiger partial charge in [0.1, 0.15) is 21.0 Å². The maximum Gasteiger partial charge on any atom is 0.425 e. The van der Waals surface area contributed by atoms with E-state index in [0.717, 1.165) is 21.7 Å². The van der Waals surface area contributed by atoms with Gasteiger partial charge < -0.3 is 5.73 Å². The SMILES string of the molecule is N#Cc1c(N)sc(N=Nc2ccc3cc(S(=O)(=O)Cc4cc(S(=O)(=O)O)c5ccccc5c4)ccc3c2)c1-c1ccc2ccccc2c1.O=S(=O)=O.O=S(=O)=O. The maximum atomic E-state index is 13.5. The summed E-state index contributed by atoms with van der Waals surface area (Å²) in [5, 5.41) is 23.9. The minimum atomic E-state index is -4.59. The van der Waals surface area contributed by atoms with Crippen molar-refractivity contribution in [1.82, 2.24) is 0 Å². The summed E-state index contributed by atoms with van der Waals surface area (Å²) < 4.78 is 112. The second kappa shape index (κ2) is 17.1. The molecule has 0 fully saturated rings. The lowest BCUT2D eigenvalue weighted by molar-refractivity contribution is 0.484. The zero-order chi connectivity index (χ0) is 40.8. The summed E-state index contributed by atoms with van der Waals surface area (Å²) in [6.45, 7) is 0. The average molecular weight is 849 g/mol. The first-order chi connectivity index (χ1) is 26.5. The molecule has 6 aromatic carbocycles. The molecule has 20 heteroatoms. The van der Waals surface area contributed by atoms with Gasteiger partial charge in [0.05, 0.1) is 21.9 Å². The summed E-state index contributed by atoms with van der Waals surface area (Å²) in [6.07, 6.45) is 0. The van der Waals surface area contributed by atoms with Crippen LogP contribution < -0.4 is 5.73 Å². The van der Waals surface area contributed by atoms with Crippen LogP contribution in [0.15, 0.2) is 135 Å². The van der Waals surface area contributed by atoms with Crippen molar-refractivity contribution in [2.75, 3.05) is 5.73 Å². The van der Waals surface area contributed by atoms with Crippen LogP contribution in [-0.2, 0) is 46.9 Å². The Morgan fingerprint density at radius 3 is 1.91 bits per heavy atom. The molecule has 0 atom stereocenters. The van der Waals surface area contributed by atoms with E-state index < -0.39 is 46.9 Å². The Bertz CT molecular complexity index is 3180. The van der Waals surface area contributed by atoms with Crippen molar-refractivity contribution in [3.8, 4) is 17.2 Å². The number of thiophene rings is 1. The minimum absolute atomic E-state index is 0.0593. The molecule has 0 amide bonds. The molecule has 56 heavy (non-hydrogen) atoms. The number of nitrogen functional groups attached to an aromatic ring is 1. The molecule has 0 spiro atoms. The molecule has 1 aromatic heterocycles. The van der Waals surface area contributed by atoms with Gasteiger partial charge in [0.15, 0.2) is 9.84 Å². The number of fused-ring (bicyclic) bond motifs is 3. The molecule has 7 aromatic rings. The number of nitrogens with two attached hydrogens (primary N) is 1. The number of hydrogen-bond acceptors (Lipinski definition) is 15. The van der Waals surface area contributed by atoms with Crippen molar-refractivity contribution >= 4 is 101 Å². The second-order valence-electron chi connectivity index (χ2n) is 11.5. The third-order valence-electron chi connectivity index (χ3n) is 8.00. The smallest absolute Gasteiger partial charge is 0.389 e. The Hall–Kier alpha value is -6.21. The lowest BCUT2D eigenvalue weighted by Gasteiger charge is -2.10. The van der Waals surface area contributed by atoms with Gasteiger partial charge in [-0.2, -0.15) is 13.7 Å². The fraction of sp³-hybridized carbons (Fsp3) is 0.0278. The van der Waals surface area contributed by atoms with Gasteiger partial charge in [-0.05, 0) is 74.5 Å². The first kappa shape index (κ1) is 41.0. The van der Waals surface area contributed by atoms with Crippen LogP contribution in [0.3, 0.4) is 0 Å². The summed E-state index contributed by atoms with van der Waals surface area (Å²) in [4.78, 5) is -0.284. The van der Waals surface area contributed by atoms with Crippen LogP contribution in [-0.4, -0.2) is 46.6 Å². The van der Waals surface area contributed by atoms with E-state index >= 15 is 0 Å². The molecule has 0 saturated heterocycles. The fourth-order valence-electron chi connectivity index (χ4n) is 5.73. The van der Waals surface area contributed by atoms with E-state index in [0.29, 0.717) is 43.0 Å². The van der Waals surface area contributed by atoms with Gasteiger partial charge in [-0.25, -0.2) is 8.42 Å². The highest BCUT2D eigenvalue weighted by Crippen LogP contribution is 2.45. The monoisotopic (exact) mass is 848 g/mol. The molecule has 0 unspecified atom stereocenters. The van der Waals surface area contributed by atoms with Gasteiger partial charge in [-0.15, -0.1) is 35.5 Å². The number of anilines is 1. The molecule has 0 aliphatic rings. The van der Waals surface area contributed by atoms with Crippen molar-refractivity contribution in [3.63, 3.8) is 0 Å². The average Bonchev–Trinajstić information content (AvgIpc) is 3.46. The summed E-state index contributed by atoms with van der Waals surface area (Å²) >= 11 is 1.18. The fourth-order valence-corrected chi connectivity index (χ4v) is 8.71. The predicted molar refractivity (Wildman–Crippen MR) is 209 cm³/mol. The topological polar surface area (TPSA) is 265 Å². The van der Waals surface area contributed by atoms with E-state index in [1.165, 1.54) is 23.5 Å². The lowest BCUT2D eigenvalue weighted by atomic mass is 10.00. The molecule has 0 saturated carbocycles. The molecular weight excluding hydrogens is 825 g/mol. The summed E-state index contributed by atoms with van der Waals surface area (Å²) in [6, 6.07) is 35.3. The Kier molecular flexibility index (Phi) is 12.5. The zero-order valence-electron chi connectivity index (χ0n) is 28.2. The number of nitriles is 1. The number of azo groups is 1. The van der Waals surface area contributed by atoms with Crippen LogP contribution in [0.25, 0.3) is 43.4 Å². The van der Waals surface area contributed by atoms with Crippen molar-refractivity contribution < 1.29 is 46.6 Å². The van der Waals surface area contributed by atoms with Crippen LogP contribution in [0.1, 0.15) is 11.1 Å². The number of benzene rings is 6. The van der Waals surface area contributed by atoms with Crippen molar-refractivity contribution in [1.29, 1.82) is 5.26 Å².